The highest BCUT2D eigenvalue weighted by atomic mass is 16.5. The normalized spacial score (nSPS) is 19.9. The van der Waals surface area contributed by atoms with Crippen molar-refractivity contribution in [1.29, 1.82) is 0 Å². The second-order valence-electron chi connectivity index (χ2n) is 5.87. The summed E-state index contributed by atoms with van der Waals surface area (Å²) in [5.41, 5.74) is 1.06. The number of carbonyl (C=O) groups is 1. The van der Waals surface area contributed by atoms with E-state index in [1.54, 1.807) is 4.68 Å². The molecule has 1 N–H and O–H groups in total. The Morgan fingerprint density at radius 3 is 3.04 bits per heavy atom. The van der Waals surface area contributed by atoms with Crippen LogP contribution in [0.3, 0.4) is 0 Å². The molecular formula is C16H27N5O3. The summed E-state index contributed by atoms with van der Waals surface area (Å²) in [5.74, 6) is 0.286. The van der Waals surface area contributed by atoms with Crippen LogP contribution < -0.4 is 5.32 Å². The number of aryl methyl sites for hydroxylation is 1. The maximum atomic E-state index is 11.5. The van der Waals surface area contributed by atoms with Gasteiger partial charge in [-0.2, -0.15) is 5.10 Å². The van der Waals surface area contributed by atoms with Gasteiger partial charge in [-0.1, -0.05) is 6.92 Å². The first kappa shape index (κ1) is 18.3. The summed E-state index contributed by atoms with van der Waals surface area (Å²) in [7, 11) is 3.29. The summed E-state index contributed by atoms with van der Waals surface area (Å²) in [4.78, 5) is 18.3. The average molecular weight is 337 g/mol. The number of methoxy groups -OCH3 is 1. The summed E-state index contributed by atoms with van der Waals surface area (Å²) in [5, 5.41) is 7.50. The molecule has 1 saturated heterocycles. The number of nitrogens with one attached hydrogen (secondary N) is 1. The van der Waals surface area contributed by atoms with Gasteiger partial charge in [-0.25, -0.2) is 0 Å². The predicted molar refractivity (Wildman–Crippen MR) is 90.6 cm³/mol. The third-order valence-corrected chi connectivity index (χ3v) is 3.92. The van der Waals surface area contributed by atoms with E-state index in [0.29, 0.717) is 19.7 Å². The molecule has 1 aromatic heterocycles. The summed E-state index contributed by atoms with van der Waals surface area (Å²) in [6, 6.07) is 0. The Morgan fingerprint density at radius 1 is 1.62 bits per heavy atom. The molecule has 0 amide bonds. The molecule has 2 atom stereocenters. The van der Waals surface area contributed by atoms with Gasteiger partial charge in [0.05, 0.1) is 38.9 Å². The number of ether oxygens (including phenoxy) is 2. The molecule has 8 nitrogen and oxygen atoms in total. The summed E-state index contributed by atoms with van der Waals surface area (Å²) < 4.78 is 12.4. The second kappa shape index (κ2) is 8.68. The van der Waals surface area contributed by atoms with E-state index in [-0.39, 0.29) is 18.0 Å². The number of hydrogen-bond donors (Lipinski definition) is 1. The van der Waals surface area contributed by atoms with Gasteiger partial charge in [0, 0.05) is 31.9 Å². The smallest absolute Gasteiger partial charge is 0.310 e. The van der Waals surface area contributed by atoms with E-state index in [4.69, 9.17) is 9.47 Å². The fraction of sp³-hybridized carbons (Fsp3) is 0.688. The van der Waals surface area contributed by atoms with Crippen molar-refractivity contribution in [2.24, 2.45) is 18.0 Å². The Bertz CT molecular complexity index is 572. The number of nitrogens with zero attached hydrogens (tertiary/aromatic N) is 4. The van der Waals surface area contributed by atoms with Crippen LogP contribution in [0, 0.1) is 5.92 Å². The van der Waals surface area contributed by atoms with Gasteiger partial charge in [-0.3, -0.25) is 14.5 Å². The van der Waals surface area contributed by atoms with Gasteiger partial charge >= 0.3 is 5.97 Å². The fourth-order valence-electron chi connectivity index (χ4n) is 2.57. The Hall–Kier alpha value is -2.09. The predicted octanol–water partition coefficient (Wildman–Crippen LogP) is 0.568. The van der Waals surface area contributed by atoms with Crippen LogP contribution in [-0.2, 0) is 21.3 Å². The van der Waals surface area contributed by atoms with Gasteiger partial charge in [-0.15, -0.1) is 0 Å². The van der Waals surface area contributed by atoms with Crippen LogP contribution >= 0.6 is 0 Å². The minimum Gasteiger partial charge on any atom is -0.469 e. The number of carbonyl (C=O) groups excluding carboxylic acids is 1. The Morgan fingerprint density at radius 2 is 2.42 bits per heavy atom. The van der Waals surface area contributed by atoms with Crippen molar-refractivity contribution in [3.63, 3.8) is 0 Å². The van der Waals surface area contributed by atoms with Crippen molar-refractivity contribution in [1.82, 2.24) is 20.0 Å². The summed E-state index contributed by atoms with van der Waals surface area (Å²) in [6.45, 7) is 7.08. The van der Waals surface area contributed by atoms with Gasteiger partial charge in [0.1, 0.15) is 6.10 Å². The number of rotatable bonds is 5. The first-order valence-corrected chi connectivity index (χ1v) is 8.26. The minimum atomic E-state index is -0.265. The zero-order chi connectivity index (χ0) is 17.5. The minimum absolute atomic E-state index is 0.0330. The molecule has 0 bridgehead atoms. The largest absolute Gasteiger partial charge is 0.469 e. The zero-order valence-corrected chi connectivity index (χ0v) is 14.9. The van der Waals surface area contributed by atoms with Crippen molar-refractivity contribution >= 4 is 11.9 Å². The van der Waals surface area contributed by atoms with E-state index in [1.807, 2.05) is 33.3 Å². The Labute approximate surface area is 142 Å². The maximum absolute atomic E-state index is 11.5. The first-order chi connectivity index (χ1) is 11.5. The van der Waals surface area contributed by atoms with Crippen LogP contribution in [0.5, 0.6) is 0 Å². The second-order valence-corrected chi connectivity index (χ2v) is 5.87. The molecule has 134 valence electrons. The van der Waals surface area contributed by atoms with Crippen molar-refractivity contribution < 1.29 is 14.3 Å². The third-order valence-electron chi connectivity index (χ3n) is 3.92. The molecular weight excluding hydrogens is 310 g/mol. The van der Waals surface area contributed by atoms with Gasteiger partial charge < -0.3 is 19.7 Å². The molecule has 1 aliphatic rings. The number of esters is 1. The van der Waals surface area contributed by atoms with Gasteiger partial charge in [-0.05, 0) is 6.92 Å². The topological polar surface area (TPSA) is 81.0 Å². The Kier molecular flexibility index (Phi) is 6.60. The highest BCUT2D eigenvalue weighted by Crippen LogP contribution is 2.21. The average Bonchev–Trinajstić information content (AvgIpc) is 3.04. The molecule has 1 aromatic rings. The lowest BCUT2D eigenvalue weighted by Gasteiger charge is -2.35. The fourth-order valence-corrected chi connectivity index (χ4v) is 2.57. The van der Waals surface area contributed by atoms with Crippen LogP contribution in [0.1, 0.15) is 25.5 Å². The van der Waals surface area contributed by atoms with Crippen molar-refractivity contribution in [3.05, 3.63) is 18.0 Å². The molecule has 8 heteroatoms. The van der Waals surface area contributed by atoms with E-state index >= 15 is 0 Å². The van der Waals surface area contributed by atoms with Crippen LogP contribution in [0.2, 0.25) is 0 Å². The molecule has 2 rings (SSSR count). The van der Waals surface area contributed by atoms with Crippen molar-refractivity contribution in [3.8, 4) is 0 Å². The van der Waals surface area contributed by atoms with Crippen LogP contribution in [0.4, 0.5) is 0 Å². The summed E-state index contributed by atoms with van der Waals surface area (Å²) >= 11 is 0. The molecule has 1 aliphatic heterocycles. The van der Waals surface area contributed by atoms with Gasteiger partial charge in [0.2, 0.25) is 0 Å². The molecule has 2 unspecified atom stereocenters. The van der Waals surface area contributed by atoms with Crippen LogP contribution in [0.25, 0.3) is 0 Å². The van der Waals surface area contributed by atoms with E-state index in [9.17, 15) is 4.79 Å². The first-order valence-electron chi connectivity index (χ1n) is 8.26. The lowest BCUT2D eigenvalue weighted by Crippen LogP contribution is -2.48. The Balaban J connectivity index is 2.04. The van der Waals surface area contributed by atoms with E-state index in [2.05, 4.69) is 20.3 Å². The zero-order valence-electron chi connectivity index (χ0n) is 14.9. The molecule has 0 radical (unpaired) electrons. The number of aromatic nitrogens is 2. The number of morpholine rings is 1. The standard InChI is InChI=1S/C16H27N5O3/c1-5-17-16(18-8-12(2)15(22)23-4)21-6-7-24-14(11-21)13-9-19-20(3)10-13/h9-10,12,14H,5-8,11H2,1-4H3,(H,17,18). The number of aliphatic imine (C=N–C) groups is 1. The third kappa shape index (κ3) is 4.70. The summed E-state index contributed by atoms with van der Waals surface area (Å²) in [6.07, 6.45) is 3.77. The highest BCUT2D eigenvalue weighted by molar-refractivity contribution is 5.80. The molecule has 0 aliphatic carbocycles. The van der Waals surface area contributed by atoms with Gasteiger partial charge in [0.15, 0.2) is 5.96 Å². The van der Waals surface area contributed by atoms with E-state index in [1.165, 1.54) is 7.11 Å². The van der Waals surface area contributed by atoms with E-state index in [0.717, 1.165) is 24.6 Å². The SMILES string of the molecule is CCNC(=NCC(C)C(=O)OC)N1CCOC(c2cnn(C)c2)C1. The van der Waals surface area contributed by atoms with Crippen molar-refractivity contribution in [2.45, 2.75) is 20.0 Å². The molecule has 0 aromatic carbocycles. The van der Waals surface area contributed by atoms with Crippen LogP contribution in [-0.4, -0.2) is 66.5 Å². The lowest BCUT2D eigenvalue weighted by molar-refractivity contribution is -0.144. The monoisotopic (exact) mass is 337 g/mol. The quantitative estimate of drug-likeness (QED) is 0.481. The lowest BCUT2D eigenvalue weighted by atomic mass is 10.1. The highest BCUT2D eigenvalue weighted by Gasteiger charge is 2.25. The molecule has 2 heterocycles. The molecule has 0 spiro atoms. The molecule has 0 saturated carbocycles. The van der Waals surface area contributed by atoms with E-state index < -0.39 is 0 Å². The molecule has 1 fully saturated rings. The maximum Gasteiger partial charge on any atom is 0.310 e. The number of hydrogen-bond acceptors (Lipinski definition) is 5. The van der Waals surface area contributed by atoms with Gasteiger partial charge in [0.25, 0.3) is 0 Å². The van der Waals surface area contributed by atoms with Crippen LogP contribution in [0.15, 0.2) is 17.4 Å². The van der Waals surface area contributed by atoms with Crippen molar-refractivity contribution in [2.75, 3.05) is 39.9 Å². The number of guanidine groups is 1. The molecule has 24 heavy (non-hydrogen) atoms.